The Kier molecular flexibility index (Phi) is 4.13. The summed E-state index contributed by atoms with van der Waals surface area (Å²) in [5.41, 5.74) is 1.30. The van der Waals surface area contributed by atoms with Crippen LogP contribution in [0.5, 0.6) is 0 Å². The Labute approximate surface area is 127 Å². The number of benzene rings is 1. The normalized spacial score (nSPS) is 27.5. The van der Waals surface area contributed by atoms with Gasteiger partial charge in [0.25, 0.3) is 5.91 Å². The maximum absolute atomic E-state index is 12.3. The first kappa shape index (κ1) is 14.6. The minimum absolute atomic E-state index is 0.223. The van der Waals surface area contributed by atoms with Gasteiger partial charge in [0, 0.05) is 23.9 Å². The van der Waals surface area contributed by atoms with Crippen LogP contribution < -0.4 is 5.32 Å². The summed E-state index contributed by atoms with van der Waals surface area (Å²) in [6.45, 7) is 0. The van der Waals surface area contributed by atoms with Gasteiger partial charge in [0.05, 0.1) is 12.1 Å². The average Bonchev–Trinajstić information content (AvgIpc) is 2.85. The largest absolute Gasteiger partial charge is 0.390 e. The van der Waals surface area contributed by atoms with Crippen molar-refractivity contribution in [2.45, 2.75) is 30.6 Å². The van der Waals surface area contributed by atoms with E-state index in [-0.39, 0.29) is 11.8 Å². The lowest BCUT2D eigenvalue weighted by molar-refractivity contribution is 0.0294. The first-order chi connectivity index (χ1) is 10.7. The van der Waals surface area contributed by atoms with E-state index in [2.05, 4.69) is 15.3 Å². The molecule has 1 aliphatic rings. The van der Waals surface area contributed by atoms with Crippen LogP contribution in [0.25, 0.3) is 0 Å². The SMILES string of the molecule is O=C(N[C@H]1[C@H](O)[C@H](O)C[C@@H]1c1cncnc1)c1ccccc1. The van der Waals surface area contributed by atoms with Crippen LogP contribution in [0.3, 0.4) is 0 Å². The number of aromatic nitrogens is 2. The molecular formula is C16H17N3O3. The predicted octanol–water partition coefficient (Wildman–Crippen LogP) is 0.484. The molecule has 114 valence electrons. The number of hydrogen-bond donors (Lipinski definition) is 3. The molecule has 1 aromatic heterocycles. The fraction of sp³-hybridized carbons (Fsp3) is 0.312. The van der Waals surface area contributed by atoms with E-state index in [1.807, 2.05) is 6.07 Å². The molecule has 1 heterocycles. The zero-order chi connectivity index (χ0) is 15.5. The highest BCUT2D eigenvalue weighted by Crippen LogP contribution is 2.34. The summed E-state index contributed by atoms with van der Waals surface area (Å²) in [6, 6.07) is 8.21. The molecule has 1 aromatic carbocycles. The zero-order valence-corrected chi connectivity index (χ0v) is 11.8. The Bertz CT molecular complexity index is 636. The molecule has 4 atom stereocenters. The molecule has 6 nitrogen and oxygen atoms in total. The molecule has 0 aliphatic heterocycles. The number of rotatable bonds is 3. The van der Waals surface area contributed by atoms with Gasteiger partial charge in [0.15, 0.2) is 0 Å². The summed E-state index contributed by atoms with van der Waals surface area (Å²) < 4.78 is 0. The molecule has 1 aliphatic carbocycles. The van der Waals surface area contributed by atoms with E-state index in [0.29, 0.717) is 12.0 Å². The standard InChI is InChI=1S/C16H17N3O3/c20-13-6-12(11-7-17-9-18-8-11)14(15(13)21)19-16(22)10-4-2-1-3-5-10/h1-5,7-9,12-15,20-21H,6H2,(H,19,22)/t12-,13-,14-,15-/m1/s1. The predicted molar refractivity (Wildman–Crippen MR) is 79.1 cm³/mol. The first-order valence-corrected chi connectivity index (χ1v) is 7.14. The lowest BCUT2D eigenvalue weighted by Crippen LogP contribution is -2.45. The van der Waals surface area contributed by atoms with E-state index >= 15 is 0 Å². The van der Waals surface area contributed by atoms with E-state index in [4.69, 9.17) is 0 Å². The highest BCUT2D eigenvalue weighted by atomic mass is 16.3. The molecule has 0 saturated heterocycles. The molecule has 3 N–H and O–H groups in total. The summed E-state index contributed by atoms with van der Waals surface area (Å²) >= 11 is 0. The lowest BCUT2D eigenvalue weighted by atomic mass is 9.95. The summed E-state index contributed by atoms with van der Waals surface area (Å²) in [4.78, 5) is 20.2. The smallest absolute Gasteiger partial charge is 0.251 e. The van der Waals surface area contributed by atoms with Crippen LogP contribution >= 0.6 is 0 Å². The number of amides is 1. The quantitative estimate of drug-likeness (QED) is 0.766. The van der Waals surface area contributed by atoms with E-state index in [0.717, 1.165) is 5.56 Å². The van der Waals surface area contributed by atoms with Crippen LogP contribution in [-0.2, 0) is 0 Å². The Balaban J connectivity index is 1.82. The van der Waals surface area contributed by atoms with Crippen LogP contribution in [-0.4, -0.2) is 44.3 Å². The van der Waals surface area contributed by atoms with Crippen LogP contribution in [0.1, 0.15) is 28.3 Å². The van der Waals surface area contributed by atoms with Crippen molar-refractivity contribution in [3.05, 3.63) is 60.2 Å². The van der Waals surface area contributed by atoms with Gasteiger partial charge >= 0.3 is 0 Å². The number of carbonyl (C=O) groups is 1. The topological polar surface area (TPSA) is 95.3 Å². The lowest BCUT2D eigenvalue weighted by Gasteiger charge is -2.23. The minimum Gasteiger partial charge on any atom is -0.390 e. The number of aliphatic hydroxyl groups excluding tert-OH is 2. The van der Waals surface area contributed by atoms with Crippen molar-refractivity contribution in [1.82, 2.24) is 15.3 Å². The molecule has 3 rings (SSSR count). The summed E-state index contributed by atoms with van der Waals surface area (Å²) in [5, 5.41) is 22.9. The molecule has 0 unspecified atom stereocenters. The van der Waals surface area contributed by atoms with Gasteiger partial charge < -0.3 is 15.5 Å². The van der Waals surface area contributed by atoms with Crippen molar-refractivity contribution in [3.63, 3.8) is 0 Å². The van der Waals surface area contributed by atoms with Crippen molar-refractivity contribution in [2.24, 2.45) is 0 Å². The summed E-state index contributed by atoms with van der Waals surface area (Å²) in [7, 11) is 0. The maximum Gasteiger partial charge on any atom is 0.251 e. The second-order valence-corrected chi connectivity index (χ2v) is 5.44. The fourth-order valence-corrected chi connectivity index (χ4v) is 2.88. The molecule has 1 fully saturated rings. The van der Waals surface area contributed by atoms with Crippen LogP contribution in [0.2, 0.25) is 0 Å². The van der Waals surface area contributed by atoms with E-state index in [1.54, 1.807) is 36.7 Å². The minimum atomic E-state index is -1.02. The third kappa shape index (κ3) is 2.84. The molecule has 2 aromatic rings. The second-order valence-electron chi connectivity index (χ2n) is 5.44. The second kappa shape index (κ2) is 6.21. The Hall–Kier alpha value is -2.31. The highest BCUT2D eigenvalue weighted by Gasteiger charge is 2.43. The summed E-state index contributed by atoms with van der Waals surface area (Å²) in [6.07, 6.45) is 3.16. The van der Waals surface area contributed by atoms with Gasteiger partial charge in [0.1, 0.15) is 12.4 Å². The van der Waals surface area contributed by atoms with Crippen molar-refractivity contribution < 1.29 is 15.0 Å². The zero-order valence-electron chi connectivity index (χ0n) is 11.8. The Morgan fingerprint density at radius 1 is 1.14 bits per heavy atom. The molecule has 22 heavy (non-hydrogen) atoms. The molecule has 6 heteroatoms. The van der Waals surface area contributed by atoms with Crippen LogP contribution in [0, 0.1) is 0 Å². The molecular weight excluding hydrogens is 282 g/mol. The molecule has 0 radical (unpaired) electrons. The van der Waals surface area contributed by atoms with Crippen molar-refractivity contribution in [3.8, 4) is 0 Å². The molecule has 1 amide bonds. The molecule has 0 spiro atoms. The van der Waals surface area contributed by atoms with Crippen molar-refractivity contribution in [1.29, 1.82) is 0 Å². The van der Waals surface area contributed by atoms with Gasteiger partial charge in [0.2, 0.25) is 0 Å². The van der Waals surface area contributed by atoms with E-state index < -0.39 is 18.2 Å². The van der Waals surface area contributed by atoms with E-state index in [9.17, 15) is 15.0 Å². The van der Waals surface area contributed by atoms with Crippen LogP contribution in [0.4, 0.5) is 0 Å². The summed E-state index contributed by atoms with van der Waals surface area (Å²) in [5.74, 6) is -0.500. The third-order valence-corrected chi connectivity index (χ3v) is 4.03. The Morgan fingerprint density at radius 3 is 2.50 bits per heavy atom. The van der Waals surface area contributed by atoms with Gasteiger partial charge in [-0.3, -0.25) is 4.79 Å². The average molecular weight is 299 g/mol. The van der Waals surface area contributed by atoms with Gasteiger partial charge in [-0.15, -0.1) is 0 Å². The monoisotopic (exact) mass is 299 g/mol. The fourth-order valence-electron chi connectivity index (χ4n) is 2.88. The van der Waals surface area contributed by atoms with Gasteiger partial charge in [-0.2, -0.15) is 0 Å². The number of hydrogen-bond acceptors (Lipinski definition) is 5. The van der Waals surface area contributed by atoms with E-state index in [1.165, 1.54) is 6.33 Å². The highest BCUT2D eigenvalue weighted by molar-refractivity contribution is 5.94. The molecule has 0 bridgehead atoms. The third-order valence-electron chi connectivity index (χ3n) is 4.03. The van der Waals surface area contributed by atoms with Gasteiger partial charge in [-0.25, -0.2) is 9.97 Å². The number of aliphatic hydroxyl groups is 2. The number of carbonyl (C=O) groups excluding carboxylic acids is 1. The molecule has 1 saturated carbocycles. The van der Waals surface area contributed by atoms with Crippen LogP contribution in [0.15, 0.2) is 49.1 Å². The first-order valence-electron chi connectivity index (χ1n) is 7.14. The number of nitrogens with zero attached hydrogens (tertiary/aromatic N) is 2. The van der Waals surface area contributed by atoms with Crippen molar-refractivity contribution in [2.75, 3.05) is 0 Å². The van der Waals surface area contributed by atoms with Crippen molar-refractivity contribution >= 4 is 5.91 Å². The maximum atomic E-state index is 12.3. The van der Waals surface area contributed by atoms with Gasteiger partial charge in [-0.05, 0) is 24.1 Å². The Morgan fingerprint density at radius 2 is 1.82 bits per heavy atom. The van der Waals surface area contributed by atoms with Gasteiger partial charge in [-0.1, -0.05) is 18.2 Å². The number of nitrogens with one attached hydrogen (secondary N) is 1.